The molecule has 0 spiro atoms. The molecule has 1 aliphatic rings. The summed E-state index contributed by atoms with van der Waals surface area (Å²) in [6.07, 6.45) is 3.83. The van der Waals surface area contributed by atoms with Crippen LogP contribution in [0.1, 0.15) is 33.1 Å². The molecule has 1 rings (SSSR count). The normalized spacial score (nSPS) is 19.1. The van der Waals surface area contributed by atoms with Crippen molar-refractivity contribution in [2.24, 2.45) is 11.8 Å². The third-order valence-corrected chi connectivity index (χ3v) is 3.04. The first-order valence-corrected chi connectivity index (χ1v) is 5.46. The molecule has 1 fully saturated rings. The zero-order valence-electron chi connectivity index (χ0n) is 9.38. The molecule has 0 amide bonds. The van der Waals surface area contributed by atoms with E-state index in [4.69, 9.17) is 4.74 Å². The molecule has 1 aliphatic carbocycles. The van der Waals surface area contributed by atoms with Crippen molar-refractivity contribution in [3.63, 3.8) is 0 Å². The standard InChI is InChI=1S/C11H21NO2/c1-8(2)10(11(13)14-3)7-12-9-5-4-6-9/h8-10,12H,4-7H2,1-3H3. The molecule has 0 saturated heterocycles. The summed E-state index contributed by atoms with van der Waals surface area (Å²) in [7, 11) is 1.46. The number of hydrogen-bond acceptors (Lipinski definition) is 3. The predicted octanol–water partition coefficient (Wildman–Crippen LogP) is 1.57. The van der Waals surface area contributed by atoms with Crippen molar-refractivity contribution in [2.75, 3.05) is 13.7 Å². The van der Waals surface area contributed by atoms with Crippen molar-refractivity contribution < 1.29 is 9.53 Å². The number of carbonyl (C=O) groups excluding carboxylic acids is 1. The Balaban J connectivity index is 2.30. The Hall–Kier alpha value is -0.570. The fourth-order valence-electron chi connectivity index (χ4n) is 1.65. The molecule has 3 nitrogen and oxygen atoms in total. The van der Waals surface area contributed by atoms with Gasteiger partial charge in [-0.15, -0.1) is 0 Å². The van der Waals surface area contributed by atoms with Gasteiger partial charge in [-0.3, -0.25) is 4.79 Å². The van der Waals surface area contributed by atoms with E-state index in [2.05, 4.69) is 19.2 Å². The van der Waals surface area contributed by atoms with Gasteiger partial charge in [0, 0.05) is 12.6 Å². The molecule has 0 radical (unpaired) electrons. The van der Waals surface area contributed by atoms with Crippen LogP contribution in [0.5, 0.6) is 0 Å². The monoisotopic (exact) mass is 199 g/mol. The molecule has 0 heterocycles. The summed E-state index contributed by atoms with van der Waals surface area (Å²) in [4.78, 5) is 11.4. The summed E-state index contributed by atoms with van der Waals surface area (Å²) in [5, 5.41) is 3.41. The van der Waals surface area contributed by atoms with E-state index in [0.717, 1.165) is 6.54 Å². The SMILES string of the molecule is COC(=O)C(CNC1CCC1)C(C)C. The van der Waals surface area contributed by atoms with Crippen LogP contribution in [-0.4, -0.2) is 25.7 Å². The minimum Gasteiger partial charge on any atom is -0.469 e. The van der Waals surface area contributed by atoms with Gasteiger partial charge in [-0.05, 0) is 18.8 Å². The zero-order valence-corrected chi connectivity index (χ0v) is 9.38. The molecule has 0 bridgehead atoms. The molecule has 0 aliphatic heterocycles. The minimum absolute atomic E-state index is 0.000556. The van der Waals surface area contributed by atoms with Gasteiger partial charge in [0.2, 0.25) is 0 Å². The van der Waals surface area contributed by atoms with Gasteiger partial charge in [-0.25, -0.2) is 0 Å². The molecule has 0 aromatic heterocycles. The minimum atomic E-state index is -0.0909. The lowest BCUT2D eigenvalue weighted by Gasteiger charge is -2.29. The Morgan fingerprint density at radius 1 is 1.50 bits per heavy atom. The van der Waals surface area contributed by atoms with Crippen LogP contribution in [0.3, 0.4) is 0 Å². The van der Waals surface area contributed by atoms with Crippen molar-refractivity contribution >= 4 is 5.97 Å². The highest BCUT2D eigenvalue weighted by Gasteiger charge is 2.25. The van der Waals surface area contributed by atoms with Gasteiger partial charge < -0.3 is 10.1 Å². The molecule has 1 unspecified atom stereocenters. The molecule has 3 heteroatoms. The largest absolute Gasteiger partial charge is 0.469 e. The number of rotatable bonds is 5. The second kappa shape index (κ2) is 5.35. The maximum Gasteiger partial charge on any atom is 0.310 e. The Morgan fingerprint density at radius 3 is 2.50 bits per heavy atom. The van der Waals surface area contributed by atoms with Crippen LogP contribution in [0, 0.1) is 11.8 Å². The van der Waals surface area contributed by atoms with Crippen LogP contribution in [0.2, 0.25) is 0 Å². The van der Waals surface area contributed by atoms with E-state index in [1.165, 1.54) is 26.4 Å². The lowest BCUT2D eigenvalue weighted by atomic mass is 9.91. The van der Waals surface area contributed by atoms with Gasteiger partial charge >= 0.3 is 5.97 Å². The molecule has 14 heavy (non-hydrogen) atoms. The smallest absolute Gasteiger partial charge is 0.310 e. The maximum absolute atomic E-state index is 11.4. The number of nitrogens with one attached hydrogen (secondary N) is 1. The Kier molecular flexibility index (Phi) is 4.39. The van der Waals surface area contributed by atoms with E-state index < -0.39 is 0 Å². The summed E-state index contributed by atoms with van der Waals surface area (Å²) < 4.78 is 4.78. The number of ether oxygens (including phenoxy) is 1. The first-order valence-electron chi connectivity index (χ1n) is 5.46. The third kappa shape index (κ3) is 2.98. The molecular formula is C11H21NO2. The second-order valence-electron chi connectivity index (χ2n) is 4.41. The molecule has 1 N–H and O–H groups in total. The van der Waals surface area contributed by atoms with Crippen LogP contribution >= 0.6 is 0 Å². The first kappa shape index (κ1) is 11.5. The highest BCUT2D eigenvalue weighted by Crippen LogP contribution is 2.19. The first-order chi connectivity index (χ1) is 6.65. The van der Waals surface area contributed by atoms with Crippen LogP contribution in [0.25, 0.3) is 0 Å². The fraction of sp³-hybridized carbons (Fsp3) is 0.909. The van der Waals surface area contributed by atoms with Crippen molar-refractivity contribution in [3.05, 3.63) is 0 Å². The maximum atomic E-state index is 11.4. The average Bonchev–Trinajstić information content (AvgIpc) is 2.07. The van der Waals surface area contributed by atoms with E-state index in [1.54, 1.807) is 0 Å². The summed E-state index contributed by atoms with van der Waals surface area (Å²) in [5.74, 6) is 0.252. The second-order valence-corrected chi connectivity index (χ2v) is 4.41. The van der Waals surface area contributed by atoms with Crippen LogP contribution in [-0.2, 0) is 9.53 Å². The summed E-state index contributed by atoms with van der Waals surface area (Å²) in [5.41, 5.74) is 0. The van der Waals surface area contributed by atoms with E-state index in [9.17, 15) is 4.79 Å². The Bertz CT molecular complexity index is 188. The fourth-order valence-corrected chi connectivity index (χ4v) is 1.65. The lowest BCUT2D eigenvalue weighted by molar-refractivity contribution is -0.146. The molecule has 0 aromatic rings. The summed E-state index contributed by atoms with van der Waals surface area (Å²) >= 11 is 0. The van der Waals surface area contributed by atoms with Gasteiger partial charge in [0.05, 0.1) is 13.0 Å². The van der Waals surface area contributed by atoms with Gasteiger partial charge in [0.15, 0.2) is 0 Å². The summed E-state index contributed by atoms with van der Waals surface area (Å²) in [6, 6.07) is 0.640. The molecule has 0 aromatic carbocycles. The molecule has 1 atom stereocenters. The third-order valence-electron chi connectivity index (χ3n) is 3.04. The average molecular weight is 199 g/mol. The van der Waals surface area contributed by atoms with Crippen molar-refractivity contribution in [3.8, 4) is 0 Å². The predicted molar refractivity (Wildman–Crippen MR) is 56.0 cm³/mol. The number of hydrogen-bond donors (Lipinski definition) is 1. The topological polar surface area (TPSA) is 38.3 Å². The number of esters is 1. The van der Waals surface area contributed by atoms with Gasteiger partial charge in [-0.2, -0.15) is 0 Å². The summed E-state index contributed by atoms with van der Waals surface area (Å²) in [6.45, 7) is 4.88. The van der Waals surface area contributed by atoms with Crippen molar-refractivity contribution in [1.29, 1.82) is 0 Å². The highest BCUT2D eigenvalue weighted by molar-refractivity contribution is 5.72. The quantitative estimate of drug-likeness (QED) is 0.683. The molecule has 1 saturated carbocycles. The Labute approximate surface area is 86.2 Å². The lowest BCUT2D eigenvalue weighted by Crippen LogP contribution is -2.41. The number of methoxy groups -OCH3 is 1. The molecule has 82 valence electrons. The number of carbonyl (C=O) groups is 1. The van der Waals surface area contributed by atoms with Crippen LogP contribution < -0.4 is 5.32 Å². The van der Waals surface area contributed by atoms with E-state index in [1.807, 2.05) is 0 Å². The zero-order chi connectivity index (χ0) is 10.6. The van der Waals surface area contributed by atoms with Crippen molar-refractivity contribution in [1.82, 2.24) is 5.32 Å². The Morgan fingerprint density at radius 2 is 2.14 bits per heavy atom. The highest BCUT2D eigenvalue weighted by atomic mass is 16.5. The van der Waals surface area contributed by atoms with E-state index in [-0.39, 0.29) is 11.9 Å². The van der Waals surface area contributed by atoms with Gasteiger partial charge in [-0.1, -0.05) is 20.3 Å². The van der Waals surface area contributed by atoms with E-state index >= 15 is 0 Å². The van der Waals surface area contributed by atoms with Gasteiger partial charge in [0.1, 0.15) is 0 Å². The molecular weight excluding hydrogens is 178 g/mol. The van der Waals surface area contributed by atoms with Crippen LogP contribution in [0.4, 0.5) is 0 Å². The van der Waals surface area contributed by atoms with Gasteiger partial charge in [0.25, 0.3) is 0 Å². The van der Waals surface area contributed by atoms with Crippen LogP contribution in [0.15, 0.2) is 0 Å². The van der Waals surface area contributed by atoms with Crippen molar-refractivity contribution in [2.45, 2.75) is 39.2 Å². The van der Waals surface area contributed by atoms with E-state index in [0.29, 0.717) is 12.0 Å².